The Hall–Kier alpha value is -3.17. The summed E-state index contributed by atoms with van der Waals surface area (Å²) in [4.78, 5) is 28.5. The fraction of sp³-hybridized carbons (Fsp3) is 0.433. The lowest BCUT2D eigenvalue weighted by atomic mass is 9.87. The van der Waals surface area contributed by atoms with Gasteiger partial charge in [0.25, 0.3) is 0 Å². The number of amides is 2. The Morgan fingerprint density at radius 2 is 2.00 bits per heavy atom. The molecule has 3 aromatic rings. The van der Waals surface area contributed by atoms with Gasteiger partial charge in [-0.25, -0.2) is 9.07 Å². The van der Waals surface area contributed by atoms with Gasteiger partial charge in [-0.3, -0.25) is 14.5 Å². The third-order valence-electron chi connectivity index (χ3n) is 7.15. The monoisotopic (exact) mass is 550 g/mol. The topological polar surface area (TPSA) is 76.5 Å². The summed E-state index contributed by atoms with van der Waals surface area (Å²) in [5.74, 6) is -0.0758. The van der Waals surface area contributed by atoms with Crippen LogP contribution in [-0.4, -0.2) is 53.1 Å². The Kier molecular flexibility index (Phi) is 7.82. The summed E-state index contributed by atoms with van der Waals surface area (Å²) in [5.41, 5.74) is 3.82. The SMILES string of the molecule is Cc1ccccc1-n1nc(C(C)(C)C)c2c1N(CC(=O)NC[C@H]1CCCO1)C(=O)CS[C@H]2c1cccc(F)c1. The first-order valence-electron chi connectivity index (χ1n) is 13.4. The number of para-hydroxylation sites is 1. The molecule has 1 fully saturated rings. The average Bonchev–Trinajstić information content (AvgIpc) is 3.52. The van der Waals surface area contributed by atoms with Crippen LogP contribution >= 0.6 is 11.8 Å². The maximum absolute atomic E-state index is 14.4. The maximum atomic E-state index is 14.4. The molecule has 0 unspecified atom stereocenters. The van der Waals surface area contributed by atoms with Crippen LogP contribution in [0.1, 0.15) is 61.2 Å². The quantitative estimate of drug-likeness (QED) is 0.463. The number of aromatic nitrogens is 2. The van der Waals surface area contributed by atoms with Gasteiger partial charge in [-0.1, -0.05) is 51.1 Å². The molecule has 9 heteroatoms. The Morgan fingerprint density at radius 3 is 2.69 bits per heavy atom. The lowest BCUT2D eigenvalue weighted by Gasteiger charge is -2.25. The van der Waals surface area contributed by atoms with E-state index in [2.05, 4.69) is 26.1 Å². The minimum Gasteiger partial charge on any atom is -0.376 e. The van der Waals surface area contributed by atoms with Crippen molar-refractivity contribution < 1.29 is 18.7 Å². The summed E-state index contributed by atoms with van der Waals surface area (Å²) in [6, 6.07) is 14.4. The Bertz CT molecular complexity index is 1380. The third-order valence-corrected chi connectivity index (χ3v) is 8.40. The van der Waals surface area contributed by atoms with Crippen molar-refractivity contribution in [2.75, 3.05) is 30.3 Å². The van der Waals surface area contributed by atoms with Gasteiger partial charge in [0, 0.05) is 24.1 Å². The van der Waals surface area contributed by atoms with Gasteiger partial charge in [-0.05, 0) is 49.1 Å². The summed E-state index contributed by atoms with van der Waals surface area (Å²) >= 11 is 1.44. The lowest BCUT2D eigenvalue weighted by molar-refractivity contribution is -0.123. The first-order chi connectivity index (χ1) is 18.6. The molecular formula is C30H35FN4O3S. The number of anilines is 1. The molecule has 0 bridgehead atoms. The molecule has 5 rings (SSSR count). The van der Waals surface area contributed by atoms with E-state index in [1.54, 1.807) is 15.6 Å². The Labute approximate surface area is 233 Å². The largest absolute Gasteiger partial charge is 0.376 e. The predicted molar refractivity (Wildman–Crippen MR) is 152 cm³/mol. The normalized spacial score (nSPS) is 19.6. The molecule has 1 aromatic heterocycles. The number of hydrogen-bond acceptors (Lipinski definition) is 5. The molecule has 0 aliphatic carbocycles. The first kappa shape index (κ1) is 27.4. The van der Waals surface area contributed by atoms with Gasteiger partial charge in [0.15, 0.2) is 0 Å². The van der Waals surface area contributed by atoms with Gasteiger partial charge >= 0.3 is 0 Å². The van der Waals surface area contributed by atoms with Crippen LogP contribution in [0.4, 0.5) is 10.2 Å². The number of aryl methyl sites for hydroxylation is 1. The minimum absolute atomic E-state index is 0.00208. The highest BCUT2D eigenvalue weighted by Crippen LogP contribution is 2.48. The second-order valence-corrected chi connectivity index (χ2v) is 12.3. The van der Waals surface area contributed by atoms with Crippen LogP contribution < -0.4 is 10.2 Å². The summed E-state index contributed by atoms with van der Waals surface area (Å²) in [6.07, 6.45) is 1.90. The minimum atomic E-state index is -0.384. The number of hydrogen-bond donors (Lipinski definition) is 1. The number of benzene rings is 2. The molecule has 1 N–H and O–H groups in total. The van der Waals surface area contributed by atoms with Gasteiger partial charge in [-0.2, -0.15) is 5.10 Å². The van der Waals surface area contributed by atoms with E-state index >= 15 is 0 Å². The standard InChI is InChI=1S/C30H35FN4O3S/c1-19-9-5-6-13-23(19)35-29-26(28(33-35)30(2,3)4)27(20-10-7-11-21(31)15-20)39-18-25(37)34(29)17-24(36)32-16-22-12-8-14-38-22/h5-7,9-11,13,15,22,27H,8,12,14,16-18H2,1-4H3,(H,32,36)/t22-,27+/m1/s1. The van der Waals surface area contributed by atoms with Crippen molar-refractivity contribution in [3.63, 3.8) is 0 Å². The average molecular weight is 551 g/mol. The van der Waals surface area contributed by atoms with Gasteiger partial charge in [0.1, 0.15) is 18.2 Å². The van der Waals surface area contributed by atoms with Crippen molar-refractivity contribution in [3.8, 4) is 5.69 Å². The number of halogens is 1. The molecule has 39 heavy (non-hydrogen) atoms. The molecule has 0 saturated carbocycles. The Balaban J connectivity index is 1.66. The number of nitrogens with zero attached hydrogens (tertiary/aromatic N) is 3. The van der Waals surface area contributed by atoms with Gasteiger partial charge < -0.3 is 10.1 Å². The van der Waals surface area contributed by atoms with Crippen molar-refractivity contribution in [1.29, 1.82) is 0 Å². The number of rotatable bonds is 6. The number of fused-ring (bicyclic) bond motifs is 1. The van der Waals surface area contributed by atoms with Crippen molar-refractivity contribution in [2.45, 2.75) is 57.3 Å². The van der Waals surface area contributed by atoms with E-state index in [0.29, 0.717) is 19.0 Å². The molecule has 7 nitrogen and oxygen atoms in total. The zero-order valence-electron chi connectivity index (χ0n) is 22.9. The molecule has 3 heterocycles. The number of ether oxygens (including phenoxy) is 1. The van der Waals surface area contributed by atoms with E-state index in [1.807, 2.05) is 37.3 Å². The van der Waals surface area contributed by atoms with Crippen LogP contribution in [0.15, 0.2) is 48.5 Å². The highest BCUT2D eigenvalue weighted by molar-refractivity contribution is 8.00. The maximum Gasteiger partial charge on any atom is 0.240 e. The summed E-state index contributed by atoms with van der Waals surface area (Å²) in [6.45, 7) is 9.22. The molecule has 2 atom stereocenters. The van der Waals surface area contributed by atoms with Crippen molar-refractivity contribution in [2.24, 2.45) is 0 Å². The van der Waals surface area contributed by atoms with E-state index in [9.17, 15) is 14.0 Å². The van der Waals surface area contributed by atoms with Crippen LogP contribution in [0.3, 0.4) is 0 Å². The zero-order valence-corrected chi connectivity index (χ0v) is 23.7. The molecule has 2 aliphatic rings. The molecule has 2 aromatic carbocycles. The van der Waals surface area contributed by atoms with Crippen LogP contribution in [0, 0.1) is 12.7 Å². The lowest BCUT2D eigenvalue weighted by Crippen LogP contribution is -2.44. The van der Waals surface area contributed by atoms with Gasteiger partial charge in [-0.15, -0.1) is 11.8 Å². The first-order valence-corrected chi connectivity index (χ1v) is 14.4. The number of carbonyl (C=O) groups is 2. The van der Waals surface area contributed by atoms with Crippen LogP contribution in [-0.2, 0) is 19.7 Å². The Morgan fingerprint density at radius 1 is 1.21 bits per heavy atom. The van der Waals surface area contributed by atoms with E-state index in [1.165, 1.54) is 23.9 Å². The molecule has 0 spiro atoms. The zero-order chi connectivity index (χ0) is 27.7. The highest BCUT2D eigenvalue weighted by atomic mass is 32.2. The van der Waals surface area contributed by atoms with Crippen LogP contribution in [0.2, 0.25) is 0 Å². The fourth-order valence-corrected chi connectivity index (χ4v) is 6.40. The number of thioether (sulfide) groups is 1. The molecule has 0 radical (unpaired) electrons. The van der Waals surface area contributed by atoms with Crippen molar-refractivity contribution in [1.82, 2.24) is 15.1 Å². The second kappa shape index (κ2) is 11.1. The molecule has 2 aliphatic heterocycles. The molecular weight excluding hydrogens is 515 g/mol. The van der Waals surface area contributed by atoms with Crippen LogP contribution in [0.25, 0.3) is 5.69 Å². The van der Waals surface area contributed by atoms with E-state index in [0.717, 1.165) is 40.9 Å². The molecule has 2 amide bonds. The van der Waals surface area contributed by atoms with E-state index < -0.39 is 0 Å². The summed E-state index contributed by atoms with van der Waals surface area (Å²) < 4.78 is 21.9. The number of carbonyl (C=O) groups excluding carboxylic acids is 2. The summed E-state index contributed by atoms with van der Waals surface area (Å²) in [7, 11) is 0. The van der Waals surface area contributed by atoms with Gasteiger partial charge in [0.2, 0.25) is 11.8 Å². The van der Waals surface area contributed by atoms with E-state index in [-0.39, 0.29) is 46.7 Å². The summed E-state index contributed by atoms with van der Waals surface area (Å²) in [5, 5.41) is 7.72. The third kappa shape index (κ3) is 5.75. The van der Waals surface area contributed by atoms with Crippen LogP contribution in [0.5, 0.6) is 0 Å². The van der Waals surface area contributed by atoms with Crippen molar-refractivity contribution >= 4 is 29.4 Å². The fourth-order valence-electron chi connectivity index (χ4n) is 5.21. The predicted octanol–water partition coefficient (Wildman–Crippen LogP) is 5.08. The van der Waals surface area contributed by atoms with E-state index in [4.69, 9.17) is 9.84 Å². The van der Waals surface area contributed by atoms with Crippen molar-refractivity contribution in [3.05, 3.63) is 76.7 Å². The number of nitrogens with one attached hydrogen (secondary N) is 1. The molecule has 1 saturated heterocycles. The molecule has 206 valence electrons. The van der Waals surface area contributed by atoms with Gasteiger partial charge in [0.05, 0.1) is 28.5 Å². The second-order valence-electron chi connectivity index (χ2n) is 11.2. The smallest absolute Gasteiger partial charge is 0.240 e. The highest BCUT2D eigenvalue weighted by Gasteiger charge is 2.40.